The fourth-order valence-electron chi connectivity index (χ4n) is 2.88. The molecule has 118 valence electrons. The number of fused-ring (bicyclic) bond motifs is 2. The highest BCUT2D eigenvalue weighted by Gasteiger charge is 2.28. The van der Waals surface area contributed by atoms with Gasteiger partial charge in [-0.3, -0.25) is 14.3 Å². The zero-order valence-electron chi connectivity index (χ0n) is 12.4. The summed E-state index contributed by atoms with van der Waals surface area (Å²) in [5.74, 6) is -0.0600. The predicted molar refractivity (Wildman–Crippen MR) is 82.4 cm³/mol. The third-order valence-electron chi connectivity index (χ3n) is 4.07. The van der Waals surface area contributed by atoms with Crippen molar-refractivity contribution in [1.29, 1.82) is 0 Å². The Balaban J connectivity index is 1.48. The summed E-state index contributed by atoms with van der Waals surface area (Å²) in [7, 11) is 0. The molecule has 4 rings (SSSR count). The van der Waals surface area contributed by atoms with E-state index in [9.17, 15) is 9.59 Å². The molecule has 23 heavy (non-hydrogen) atoms. The van der Waals surface area contributed by atoms with E-state index in [-0.39, 0.29) is 18.4 Å². The highest BCUT2D eigenvalue weighted by atomic mass is 16.5. The summed E-state index contributed by atoms with van der Waals surface area (Å²) in [4.78, 5) is 24.6. The van der Waals surface area contributed by atoms with Crippen molar-refractivity contribution in [2.24, 2.45) is 0 Å². The first kappa shape index (κ1) is 13.8. The number of ether oxygens (including phenoxy) is 1. The Bertz CT molecular complexity index is 762. The maximum Gasteiger partial charge on any atom is 0.272 e. The van der Waals surface area contributed by atoms with E-state index in [0.29, 0.717) is 17.1 Å². The second-order valence-corrected chi connectivity index (χ2v) is 5.67. The molecule has 7 heteroatoms. The SMILES string of the molecule is O=C(NC1COc2ccccc2NC1=O)c1cc2n(n1)CCC2. The molecule has 0 bridgehead atoms. The zero-order chi connectivity index (χ0) is 15.8. The number of hydrogen-bond acceptors (Lipinski definition) is 4. The van der Waals surface area contributed by atoms with Gasteiger partial charge in [-0.1, -0.05) is 12.1 Å². The van der Waals surface area contributed by atoms with Gasteiger partial charge in [-0.25, -0.2) is 0 Å². The number of nitrogens with one attached hydrogen (secondary N) is 2. The fourth-order valence-corrected chi connectivity index (χ4v) is 2.88. The Labute approximate surface area is 132 Å². The maximum absolute atomic E-state index is 12.3. The summed E-state index contributed by atoms with van der Waals surface area (Å²) in [6.07, 6.45) is 1.99. The first-order valence-electron chi connectivity index (χ1n) is 7.61. The molecule has 2 aliphatic heterocycles. The average Bonchev–Trinajstić information content (AvgIpc) is 3.10. The van der Waals surface area contributed by atoms with E-state index in [1.54, 1.807) is 18.2 Å². The van der Waals surface area contributed by atoms with Crippen LogP contribution in [0.2, 0.25) is 0 Å². The first-order chi connectivity index (χ1) is 11.2. The summed E-state index contributed by atoms with van der Waals surface area (Å²) in [6, 6.07) is 8.21. The van der Waals surface area contributed by atoms with E-state index >= 15 is 0 Å². The Kier molecular flexibility index (Phi) is 3.25. The number of hydrogen-bond donors (Lipinski definition) is 2. The van der Waals surface area contributed by atoms with E-state index in [1.165, 1.54) is 0 Å². The molecule has 0 saturated heterocycles. The summed E-state index contributed by atoms with van der Waals surface area (Å²) < 4.78 is 7.45. The predicted octanol–water partition coefficient (Wildman–Crippen LogP) is 0.959. The number of carbonyl (C=O) groups is 2. The maximum atomic E-state index is 12.3. The Hall–Kier alpha value is -2.83. The van der Waals surface area contributed by atoms with Gasteiger partial charge in [0.15, 0.2) is 0 Å². The lowest BCUT2D eigenvalue weighted by Crippen LogP contribution is -2.46. The molecule has 1 aromatic heterocycles. The molecule has 0 aliphatic carbocycles. The molecule has 2 aromatic rings. The summed E-state index contributed by atoms with van der Waals surface area (Å²) in [5, 5.41) is 9.74. The number of rotatable bonds is 2. The molecular formula is C16H16N4O3. The second-order valence-electron chi connectivity index (χ2n) is 5.67. The number of amides is 2. The summed E-state index contributed by atoms with van der Waals surface area (Å²) in [5.41, 5.74) is 2.01. The average molecular weight is 312 g/mol. The lowest BCUT2D eigenvalue weighted by Gasteiger charge is -2.13. The second kappa shape index (κ2) is 5.42. The first-order valence-corrected chi connectivity index (χ1v) is 7.61. The van der Waals surface area contributed by atoms with Crippen molar-refractivity contribution < 1.29 is 14.3 Å². The van der Waals surface area contributed by atoms with E-state index in [2.05, 4.69) is 15.7 Å². The van der Waals surface area contributed by atoms with Gasteiger partial charge in [0.1, 0.15) is 24.1 Å². The van der Waals surface area contributed by atoms with Crippen molar-refractivity contribution in [2.45, 2.75) is 25.4 Å². The van der Waals surface area contributed by atoms with Crippen molar-refractivity contribution in [1.82, 2.24) is 15.1 Å². The number of nitrogens with zero attached hydrogens (tertiary/aromatic N) is 2. The smallest absolute Gasteiger partial charge is 0.272 e. The van der Waals surface area contributed by atoms with Crippen molar-refractivity contribution in [3.8, 4) is 5.75 Å². The van der Waals surface area contributed by atoms with E-state index in [0.717, 1.165) is 25.1 Å². The van der Waals surface area contributed by atoms with Gasteiger partial charge in [-0.15, -0.1) is 0 Å². The van der Waals surface area contributed by atoms with Crippen LogP contribution in [0, 0.1) is 0 Å². The molecule has 0 spiro atoms. The normalized spacial score (nSPS) is 19.1. The minimum atomic E-state index is -0.758. The third kappa shape index (κ3) is 2.54. The lowest BCUT2D eigenvalue weighted by atomic mass is 10.2. The van der Waals surface area contributed by atoms with Crippen LogP contribution in [0.1, 0.15) is 22.6 Å². The molecule has 1 aromatic carbocycles. The van der Waals surface area contributed by atoms with Crippen molar-refractivity contribution in [3.63, 3.8) is 0 Å². The van der Waals surface area contributed by atoms with Gasteiger partial charge < -0.3 is 15.4 Å². The monoisotopic (exact) mass is 312 g/mol. The molecule has 3 heterocycles. The van der Waals surface area contributed by atoms with Crippen LogP contribution in [0.4, 0.5) is 5.69 Å². The van der Waals surface area contributed by atoms with Gasteiger partial charge >= 0.3 is 0 Å². The highest BCUT2D eigenvalue weighted by molar-refractivity contribution is 6.01. The van der Waals surface area contributed by atoms with Gasteiger partial charge in [0.25, 0.3) is 11.8 Å². The third-order valence-corrected chi connectivity index (χ3v) is 4.07. The van der Waals surface area contributed by atoms with E-state index in [1.807, 2.05) is 16.8 Å². The number of aromatic nitrogens is 2. The molecule has 0 saturated carbocycles. The van der Waals surface area contributed by atoms with Crippen LogP contribution >= 0.6 is 0 Å². The molecular weight excluding hydrogens is 296 g/mol. The van der Waals surface area contributed by atoms with Crippen molar-refractivity contribution >= 4 is 17.5 Å². The minimum absolute atomic E-state index is 0.0855. The fraction of sp³-hybridized carbons (Fsp3) is 0.312. The summed E-state index contributed by atoms with van der Waals surface area (Å²) >= 11 is 0. The molecule has 7 nitrogen and oxygen atoms in total. The number of carbonyl (C=O) groups excluding carboxylic acids is 2. The van der Waals surface area contributed by atoms with Gasteiger partial charge in [-0.05, 0) is 31.0 Å². The van der Waals surface area contributed by atoms with Gasteiger partial charge in [0, 0.05) is 12.2 Å². The lowest BCUT2D eigenvalue weighted by molar-refractivity contribution is -0.118. The topological polar surface area (TPSA) is 85.3 Å². The summed E-state index contributed by atoms with van der Waals surface area (Å²) in [6.45, 7) is 0.924. The van der Waals surface area contributed by atoms with Crippen LogP contribution < -0.4 is 15.4 Å². The van der Waals surface area contributed by atoms with Crippen LogP contribution in [0.5, 0.6) is 5.75 Å². The molecule has 1 unspecified atom stereocenters. The van der Waals surface area contributed by atoms with Crippen LogP contribution in [0.25, 0.3) is 0 Å². The Morgan fingerprint density at radius 3 is 3.13 bits per heavy atom. The number of benzene rings is 1. The molecule has 2 N–H and O–H groups in total. The molecule has 2 amide bonds. The van der Waals surface area contributed by atoms with Crippen molar-refractivity contribution in [2.75, 3.05) is 11.9 Å². The molecule has 1 atom stereocenters. The molecule has 0 radical (unpaired) electrons. The molecule has 2 aliphatic rings. The number of anilines is 1. The standard InChI is InChI=1S/C16H16N4O3/c21-15(12-8-10-4-3-7-20(10)19-12)18-13-9-23-14-6-2-1-5-11(14)17-16(13)22/h1-2,5-6,8,13H,3-4,7,9H2,(H,17,22)(H,18,21). The molecule has 0 fully saturated rings. The highest BCUT2D eigenvalue weighted by Crippen LogP contribution is 2.26. The quantitative estimate of drug-likeness (QED) is 0.865. The van der Waals surface area contributed by atoms with Crippen LogP contribution in [-0.4, -0.2) is 34.2 Å². The zero-order valence-corrected chi connectivity index (χ0v) is 12.4. The largest absolute Gasteiger partial charge is 0.489 e. The number of aryl methyl sites for hydroxylation is 2. The number of para-hydroxylation sites is 2. The Morgan fingerprint density at radius 1 is 1.39 bits per heavy atom. The Morgan fingerprint density at radius 2 is 2.26 bits per heavy atom. The van der Waals surface area contributed by atoms with Gasteiger partial charge in [0.2, 0.25) is 0 Å². The van der Waals surface area contributed by atoms with Crippen LogP contribution in [-0.2, 0) is 17.8 Å². The van der Waals surface area contributed by atoms with Crippen LogP contribution in [0.3, 0.4) is 0 Å². The van der Waals surface area contributed by atoms with E-state index in [4.69, 9.17) is 4.74 Å². The van der Waals surface area contributed by atoms with E-state index < -0.39 is 6.04 Å². The van der Waals surface area contributed by atoms with Crippen molar-refractivity contribution in [3.05, 3.63) is 41.7 Å². The minimum Gasteiger partial charge on any atom is -0.489 e. The van der Waals surface area contributed by atoms with Gasteiger partial charge in [-0.2, -0.15) is 5.10 Å². The van der Waals surface area contributed by atoms with Gasteiger partial charge in [0.05, 0.1) is 5.69 Å². The van der Waals surface area contributed by atoms with Crippen LogP contribution in [0.15, 0.2) is 30.3 Å².